The molecule has 1 aromatic carbocycles. The van der Waals surface area contributed by atoms with Crippen molar-refractivity contribution in [3.8, 4) is 0 Å². The summed E-state index contributed by atoms with van der Waals surface area (Å²) < 4.78 is 0. The van der Waals surface area contributed by atoms with Crippen LogP contribution in [0.2, 0.25) is 0 Å². The van der Waals surface area contributed by atoms with E-state index in [4.69, 9.17) is 0 Å². The number of carbonyl (C=O) groups is 1. The van der Waals surface area contributed by atoms with Crippen molar-refractivity contribution in [2.45, 2.75) is 56.9 Å². The average Bonchev–Trinajstić information content (AvgIpc) is 2.60. The van der Waals surface area contributed by atoms with Crippen molar-refractivity contribution >= 4 is 11.7 Å². The van der Waals surface area contributed by atoms with Gasteiger partial charge in [0.05, 0.1) is 5.69 Å². The highest BCUT2D eigenvalue weighted by Gasteiger charge is 2.20. The van der Waals surface area contributed by atoms with Crippen molar-refractivity contribution in [1.82, 2.24) is 4.98 Å². The molecule has 132 valence electrons. The number of nitrogens with one attached hydrogen (secondary N) is 1. The molecule has 0 amide bonds. The average molecular weight is 338 g/mol. The summed E-state index contributed by atoms with van der Waals surface area (Å²) in [4.78, 5) is 16.1. The fraction of sp³-hybridized carbons (Fsp3) is 0.429. The maximum absolute atomic E-state index is 11.7. The third-order valence-corrected chi connectivity index (χ3v) is 5.03. The van der Waals surface area contributed by atoms with E-state index in [0.717, 1.165) is 11.3 Å². The molecular weight excluding hydrogens is 312 g/mol. The number of aliphatic carboxylic acids is 1. The van der Waals surface area contributed by atoms with Crippen LogP contribution in [0.1, 0.15) is 68.0 Å². The van der Waals surface area contributed by atoms with Gasteiger partial charge in [-0.05, 0) is 36.0 Å². The smallest absolute Gasteiger partial charge is 0.330 e. The zero-order valence-electron chi connectivity index (χ0n) is 14.5. The van der Waals surface area contributed by atoms with Crippen LogP contribution in [0.4, 0.5) is 5.69 Å². The molecule has 1 aliphatic rings. The van der Waals surface area contributed by atoms with Crippen LogP contribution in [-0.2, 0) is 4.79 Å². The van der Waals surface area contributed by atoms with Crippen LogP contribution in [0.3, 0.4) is 0 Å². The topological polar surface area (TPSA) is 62.2 Å². The Hall–Kier alpha value is -2.36. The van der Waals surface area contributed by atoms with Crippen molar-refractivity contribution in [3.63, 3.8) is 0 Å². The van der Waals surface area contributed by atoms with Gasteiger partial charge in [0.2, 0.25) is 0 Å². The van der Waals surface area contributed by atoms with Gasteiger partial charge in [0, 0.05) is 12.4 Å². The third-order valence-electron chi connectivity index (χ3n) is 5.03. The Kier molecular flexibility index (Phi) is 6.04. The molecule has 2 aromatic rings. The predicted octanol–water partition coefficient (Wildman–Crippen LogP) is 5.15. The highest BCUT2D eigenvalue weighted by molar-refractivity contribution is 5.79. The van der Waals surface area contributed by atoms with E-state index in [1.165, 1.54) is 50.5 Å². The maximum Gasteiger partial charge on any atom is 0.330 e. The summed E-state index contributed by atoms with van der Waals surface area (Å²) in [5.41, 5.74) is 2.74. The lowest BCUT2D eigenvalue weighted by molar-refractivity contribution is -0.138. The highest BCUT2D eigenvalue weighted by atomic mass is 16.4. The lowest BCUT2D eigenvalue weighted by Crippen LogP contribution is -2.20. The highest BCUT2D eigenvalue weighted by Crippen LogP contribution is 2.32. The zero-order valence-corrected chi connectivity index (χ0v) is 14.5. The molecule has 4 nitrogen and oxygen atoms in total. The number of rotatable bonds is 5. The Morgan fingerprint density at radius 1 is 1.04 bits per heavy atom. The first-order valence-corrected chi connectivity index (χ1v) is 9.23. The molecule has 1 aliphatic carbocycles. The fourth-order valence-electron chi connectivity index (χ4n) is 3.65. The number of benzene rings is 1. The second-order valence-electron chi connectivity index (χ2n) is 6.88. The van der Waals surface area contributed by atoms with E-state index in [0.29, 0.717) is 5.92 Å². The van der Waals surface area contributed by atoms with Crippen molar-refractivity contribution in [2.75, 3.05) is 5.32 Å². The van der Waals surface area contributed by atoms with Crippen molar-refractivity contribution < 1.29 is 9.90 Å². The SMILES string of the molecule is O=C(O)C(Nc1cncc(C2CCCCCCC2)c1)c1ccccc1. The van der Waals surface area contributed by atoms with Crippen molar-refractivity contribution in [3.05, 3.63) is 59.9 Å². The number of aromatic nitrogens is 1. The first kappa shape index (κ1) is 17.5. The predicted molar refractivity (Wildman–Crippen MR) is 99.7 cm³/mol. The molecule has 2 N–H and O–H groups in total. The molecular formula is C21H26N2O2. The quantitative estimate of drug-likeness (QED) is 0.791. The zero-order chi connectivity index (χ0) is 17.5. The Balaban J connectivity index is 1.77. The van der Waals surface area contributed by atoms with Gasteiger partial charge < -0.3 is 10.4 Å². The second-order valence-corrected chi connectivity index (χ2v) is 6.88. The van der Waals surface area contributed by atoms with Gasteiger partial charge in [0.1, 0.15) is 0 Å². The van der Waals surface area contributed by atoms with Gasteiger partial charge in [0.15, 0.2) is 6.04 Å². The van der Waals surface area contributed by atoms with Crippen LogP contribution < -0.4 is 5.32 Å². The first-order valence-electron chi connectivity index (χ1n) is 9.23. The van der Waals surface area contributed by atoms with Crippen LogP contribution >= 0.6 is 0 Å². The Labute approximate surface area is 149 Å². The molecule has 0 spiro atoms. The third kappa shape index (κ3) is 4.81. The Morgan fingerprint density at radius 3 is 2.40 bits per heavy atom. The number of pyridine rings is 1. The summed E-state index contributed by atoms with van der Waals surface area (Å²) >= 11 is 0. The summed E-state index contributed by atoms with van der Waals surface area (Å²) in [5.74, 6) is -0.350. The van der Waals surface area contributed by atoms with Crippen molar-refractivity contribution in [2.24, 2.45) is 0 Å². The monoisotopic (exact) mass is 338 g/mol. The fourth-order valence-corrected chi connectivity index (χ4v) is 3.65. The maximum atomic E-state index is 11.7. The molecule has 0 saturated heterocycles. The number of hydrogen-bond acceptors (Lipinski definition) is 3. The molecule has 0 bridgehead atoms. The van der Waals surface area contributed by atoms with Crippen LogP contribution in [0.25, 0.3) is 0 Å². The molecule has 3 rings (SSSR count). The van der Waals surface area contributed by atoms with E-state index in [2.05, 4.69) is 16.4 Å². The van der Waals surface area contributed by atoms with Gasteiger partial charge in [-0.25, -0.2) is 4.79 Å². The van der Waals surface area contributed by atoms with Crippen LogP contribution in [0, 0.1) is 0 Å². The second kappa shape index (κ2) is 8.65. The minimum Gasteiger partial charge on any atom is -0.479 e. The molecule has 1 atom stereocenters. The van der Waals surface area contributed by atoms with Crippen molar-refractivity contribution in [1.29, 1.82) is 0 Å². The van der Waals surface area contributed by atoms with Crippen LogP contribution in [0.5, 0.6) is 0 Å². The van der Waals surface area contributed by atoms with E-state index in [1.807, 2.05) is 36.5 Å². The molecule has 1 aromatic heterocycles. The van der Waals surface area contributed by atoms with Gasteiger partial charge >= 0.3 is 5.97 Å². The minimum atomic E-state index is -0.887. The van der Waals surface area contributed by atoms with E-state index in [-0.39, 0.29) is 0 Å². The van der Waals surface area contributed by atoms with E-state index >= 15 is 0 Å². The van der Waals surface area contributed by atoms with Gasteiger partial charge in [-0.1, -0.05) is 62.4 Å². The molecule has 0 aliphatic heterocycles. The number of carboxylic acids is 1. The Bertz CT molecular complexity index is 679. The molecule has 1 fully saturated rings. The largest absolute Gasteiger partial charge is 0.479 e. The molecule has 1 heterocycles. The summed E-state index contributed by atoms with van der Waals surface area (Å²) in [6, 6.07) is 10.6. The standard InChI is InChI=1S/C21H26N2O2/c24-21(25)20(17-11-7-4-8-12-17)23-19-13-18(14-22-15-19)16-9-5-2-1-3-6-10-16/h4,7-8,11-16,20,23H,1-3,5-6,9-10H2,(H,24,25). The number of carboxylic acid groups (broad SMARTS) is 1. The molecule has 1 saturated carbocycles. The summed E-state index contributed by atoms with van der Waals surface area (Å²) in [5, 5.41) is 12.7. The molecule has 25 heavy (non-hydrogen) atoms. The molecule has 4 heteroatoms. The number of anilines is 1. The lowest BCUT2D eigenvalue weighted by Gasteiger charge is -2.21. The minimum absolute atomic E-state index is 0.537. The summed E-state index contributed by atoms with van der Waals surface area (Å²) in [6.07, 6.45) is 12.6. The summed E-state index contributed by atoms with van der Waals surface area (Å²) in [7, 11) is 0. The molecule has 1 unspecified atom stereocenters. The Morgan fingerprint density at radius 2 is 1.72 bits per heavy atom. The van der Waals surface area contributed by atoms with E-state index in [9.17, 15) is 9.90 Å². The normalized spacial score (nSPS) is 17.3. The molecule has 0 radical (unpaired) electrons. The van der Waals surface area contributed by atoms with Gasteiger partial charge in [0.25, 0.3) is 0 Å². The van der Waals surface area contributed by atoms with Gasteiger partial charge in [-0.3, -0.25) is 4.98 Å². The lowest BCUT2D eigenvalue weighted by atomic mass is 9.86. The number of hydrogen-bond donors (Lipinski definition) is 2. The van der Waals surface area contributed by atoms with Crippen LogP contribution in [-0.4, -0.2) is 16.1 Å². The van der Waals surface area contributed by atoms with E-state index in [1.54, 1.807) is 6.20 Å². The van der Waals surface area contributed by atoms with Crippen LogP contribution in [0.15, 0.2) is 48.8 Å². The van der Waals surface area contributed by atoms with Gasteiger partial charge in [-0.15, -0.1) is 0 Å². The van der Waals surface area contributed by atoms with E-state index < -0.39 is 12.0 Å². The van der Waals surface area contributed by atoms with Gasteiger partial charge in [-0.2, -0.15) is 0 Å². The first-order chi connectivity index (χ1) is 12.2. The number of nitrogens with zero attached hydrogens (tertiary/aromatic N) is 1. The summed E-state index contributed by atoms with van der Waals surface area (Å²) in [6.45, 7) is 0.